The molecule has 0 saturated carbocycles. The van der Waals surface area contributed by atoms with E-state index in [9.17, 15) is 0 Å². The Hall–Kier alpha value is -1.74. The van der Waals surface area contributed by atoms with E-state index in [4.69, 9.17) is 5.73 Å². The van der Waals surface area contributed by atoms with Crippen molar-refractivity contribution in [1.29, 1.82) is 0 Å². The van der Waals surface area contributed by atoms with Crippen LogP contribution in [-0.4, -0.2) is 12.0 Å². The van der Waals surface area contributed by atoms with Crippen molar-refractivity contribution >= 4 is 29.6 Å². The van der Waals surface area contributed by atoms with Crippen molar-refractivity contribution in [2.45, 2.75) is 0 Å². The van der Waals surface area contributed by atoms with Gasteiger partial charge < -0.3 is 10.6 Å². The number of hydrogen-bond donors (Lipinski definition) is 1. The van der Waals surface area contributed by atoms with Gasteiger partial charge in [0.15, 0.2) is 5.82 Å². The topological polar surface area (TPSA) is 42.2 Å². The third-order valence-electron chi connectivity index (χ3n) is 2.28. The number of benzene rings is 1. The lowest BCUT2D eigenvalue weighted by Gasteiger charge is -2.19. The van der Waals surface area contributed by atoms with Crippen LogP contribution in [0, 0.1) is 0 Å². The zero-order valence-corrected chi connectivity index (χ0v) is 9.82. The summed E-state index contributed by atoms with van der Waals surface area (Å²) in [5, 5.41) is 0. The minimum absolute atomic E-state index is 0. The highest BCUT2D eigenvalue weighted by Gasteiger charge is 2.06. The second-order valence-corrected chi connectivity index (χ2v) is 3.31. The molecule has 0 saturated heterocycles. The minimum atomic E-state index is 0. The number of hydrogen-bond acceptors (Lipinski definition) is 3. The van der Waals surface area contributed by atoms with Crippen LogP contribution in [0.5, 0.6) is 0 Å². The third kappa shape index (κ3) is 2.44. The van der Waals surface area contributed by atoms with Gasteiger partial charge in [0.1, 0.15) is 0 Å². The van der Waals surface area contributed by atoms with Crippen molar-refractivity contribution < 1.29 is 0 Å². The summed E-state index contributed by atoms with van der Waals surface area (Å²) < 4.78 is 0. The number of para-hydroxylation sites is 1. The second kappa shape index (κ2) is 5.37. The lowest BCUT2D eigenvalue weighted by molar-refractivity contribution is 1.13. The van der Waals surface area contributed by atoms with Gasteiger partial charge in [-0.05, 0) is 24.3 Å². The predicted molar refractivity (Wildman–Crippen MR) is 70.4 cm³/mol. The Morgan fingerprint density at radius 2 is 1.75 bits per heavy atom. The van der Waals surface area contributed by atoms with Gasteiger partial charge in [0.05, 0.1) is 5.69 Å². The van der Waals surface area contributed by atoms with Crippen LogP contribution < -0.4 is 10.6 Å². The van der Waals surface area contributed by atoms with Crippen LogP contribution in [0.2, 0.25) is 0 Å². The maximum Gasteiger partial charge on any atom is 0.155 e. The van der Waals surface area contributed by atoms with Crippen molar-refractivity contribution in [3.8, 4) is 0 Å². The van der Waals surface area contributed by atoms with E-state index in [-0.39, 0.29) is 12.4 Å². The smallest absolute Gasteiger partial charge is 0.155 e. The fourth-order valence-electron chi connectivity index (χ4n) is 1.46. The van der Waals surface area contributed by atoms with Crippen LogP contribution in [0.25, 0.3) is 0 Å². The number of nitrogens with two attached hydrogens (primary N) is 1. The summed E-state index contributed by atoms with van der Waals surface area (Å²) in [7, 11) is 1.95. The third-order valence-corrected chi connectivity index (χ3v) is 2.28. The van der Waals surface area contributed by atoms with Crippen molar-refractivity contribution in [3.63, 3.8) is 0 Å². The second-order valence-electron chi connectivity index (χ2n) is 3.31. The Labute approximate surface area is 101 Å². The molecule has 1 aromatic carbocycles. The van der Waals surface area contributed by atoms with Gasteiger partial charge >= 0.3 is 0 Å². The normalized spacial score (nSPS) is 9.31. The summed E-state index contributed by atoms with van der Waals surface area (Å²) in [5.74, 6) is 0.781. The van der Waals surface area contributed by atoms with Gasteiger partial charge in [0, 0.05) is 18.9 Å². The number of nitrogen functional groups attached to an aromatic ring is 1. The summed E-state index contributed by atoms with van der Waals surface area (Å²) in [6.07, 6.45) is 1.74. The SMILES string of the molecule is CN(c1ccccc1)c1ncccc1N.Cl. The van der Waals surface area contributed by atoms with Gasteiger partial charge in [-0.3, -0.25) is 0 Å². The Morgan fingerprint density at radius 3 is 2.38 bits per heavy atom. The molecule has 0 unspecified atom stereocenters. The molecule has 2 rings (SSSR count). The molecule has 1 aromatic heterocycles. The molecule has 2 N–H and O–H groups in total. The van der Waals surface area contributed by atoms with E-state index in [1.54, 1.807) is 6.20 Å². The Kier molecular flexibility index (Phi) is 4.14. The first-order valence-electron chi connectivity index (χ1n) is 4.78. The van der Waals surface area contributed by atoms with Crippen molar-refractivity contribution in [2.75, 3.05) is 17.7 Å². The Morgan fingerprint density at radius 1 is 1.06 bits per heavy atom. The number of anilines is 3. The molecule has 0 fully saturated rings. The van der Waals surface area contributed by atoms with E-state index in [0.717, 1.165) is 11.5 Å². The van der Waals surface area contributed by atoms with E-state index >= 15 is 0 Å². The largest absolute Gasteiger partial charge is 0.396 e. The molecule has 0 atom stereocenters. The fourth-order valence-corrected chi connectivity index (χ4v) is 1.46. The highest BCUT2D eigenvalue weighted by atomic mass is 35.5. The molecule has 84 valence electrons. The van der Waals surface area contributed by atoms with Gasteiger partial charge in [0.25, 0.3) is 0 Å². The summed E-state index contributed by atoms with van der Waals surface area (Å²) in [5.41, 5.74) is 7.61. The Bertz CT molecular complexity index is 445. The average Bonchev–Trinajstić information content (AvgIpc) is 2.30. The van der Waals surface area contributed by atoms with Crippen LogP contribution in [-0.2, 0) is 0 Å². The van der Waals surface area contributed by atoms with Crippen LogP contribution >= 0.6 is 12.4 Å². The first-order chi connectivity index (χ1) is 7.29. The zero-order valence-electron chi connectivity index (χ0n) is 9.00. The number of nitrogens with zero attached hydrogens (tertiary/aromatic N) is 2. The summed E-state index contributed by atoms with van der Waals surface area (Å²) in [6.45, 7) is 0. The number of rotatable bonds is 2. The lowest BCUT2D eigenvalue weighted by atomic mass is 10.3. The molecule has 2 aromatic rings. The number of halogens is 1. The Balaban J connectivity index is 0.00000128. The number of pyridine rings is 1. The molecular weight excluding hydrogens is 222 g/mol. The average molecular weight is 236 g/mol. The van der Waals surface area contributed by atoms with Crippen molar-refractivity contribution in [3.05, 3.63) is 48.7 Å². The standard InChI is InChI=1S/C12H13N3.ClH/c1-15(10-6-3-2-4-7-10)12-11(13)8-5-9-14-12;/h2-9H,13H2,1H3;1H. The van der Waals surface area contributed by atoms with Crippen molar-refractivity contribution in [2.24, 2.45) is 0 Å². The highest BCUT2D eigenvalue weighted by Crippen LogP contribution is 2.25. The van der Waals surface area contributed by atoms with Gasteiger partial charge in [-0.15, -0.1) is 12.4 Å². The predicted octanol–water partition coefficient (Wildman–Crippen LogP) is 2.85. The first kappa shape index (κ1) is 12.3. The highest BCUT2D eigenvalue weighted by molar-refractivity contribution is 5.85. The molecule has 16 heavy (non-hydrogen) atoms. The minimum Gasteiger partial charge on any atom is -0.396 e. The molecule has 3 nitrogen and oxygen atoms in total. The maximum absolute atomic E-state index is 5.85. The lowest BCUT2D eigenvalue weighted by Crippen LogP contribution is -2.12. The summed E-state index contributed by atoms with van der Waals surface area (Å²) in [4.78, 5) is 6.22. The quantitative estimate of drug-likeness (QED) is 0.871. The molecule has 0 aliphatic heterocycles. The van der Waals surface area contributed by atoms with Gasteiger partial charge in [-0.2, -0.15) is 0 Å². The van der Waals surface area contributed by atoms with E-state index in [1.807, 2.05) is 54.4 Å². The van der Waals surface area contributed by atoms with E-state index in [2.05, 4.69) is 4.98 Å². The molecule has 0 spiro atoms. The molecule has 0 aliphatic carbocycles. The molecule has 0 aliphatic rings. The zero-order chi connectivity index (χ0) is 10.7. The summed E-state index contributed by atoms with van der Waals surface area (Å²) in [6, 6.07) is 13.7. The molecular formula is C12H14ClN3. The number of aromatic nitrogens is 1. The molecule has 0 bridgehead atoms. The first-order valence-corrected chi connectivity index (χ1v) is 4.78. The van der Waals surface area contributed by atoms with Crippen molar-refractivity contribution in [1.82, 2.24) is 4.98 Å². The van der Waals surface area contributed by atoms with Gasteiger partial charge in [0.2, 0.25) is 0 Å². The summed E-state index contributed by atoms with van der Waals surface area (Å²) >= 11 is 0. The van der Waals surface area contributed by atoms with E-state index < -0.39 is 0 Å². The molecule has 4 heteroatoms. The van der Waals surface area contributed by atoms with E-state index in [1.165, 1.54) is 0 Å². The molecule has 1 heterocycles. The van der Waals surface area contributed by atoms with Crippen LogP contribution in [0.3, 0.4) is 0 Å². The molecule has 0 amide bonds. The maximum atomic E-state index is 5.85. The molecule has 0 radical (unpaired) electrons. The van der Waals surface area contributed by atoms with E-state index in [0.29, 0.717) is 5.69 Å². The fraction of sp³-hybridized carbons (Fsp3) is 0.0833. The van der Waals surface area contributed by atoms with Crippen LogP contribution in [0.1, 0.15) is 0 Å². The van der Waals surface area contributed by atoms with Crippen LogP contribution in [0.4, 0.5) is 17.2 Å². The van der Waals surface area contributed by atoms with Crippen LogP contribution in [0.15, 0.2) is 48.7 Å². The van der Waals surface area contributed by atoms with Gasteiger partial charge in [-0.25, -0.2) is 4.98 Å². The monoisotopic (exact) mass is 235 g/mol. The van der Waals surface area contributed by atoms with Gasteiger partial charge in [-0.1, -0.05) is 18.2 Å².